The van der Waals surface area contributed by atoms with Crippen LogP contribution in [0.2, 0.25) is 0 Å². The number of carbonyl (C=O) groups is 4. The molecule has 1 aromatic carbocycles. The van der Waals surface area contributed by atoms with E-state index in [4.69, 9.17) is 18.9 Å². The van der Waals surface area contributed by atoms with E-state index >= 15 is 0 Å². The number of rotatable bonds is 5. The Balaban J connectivity index is 1.85. The van der Waals surface area contributed by atoms with Gasteiger partial charge in [-0.2, -0.15) is 10.1 Å². The summed E-state index contributed by atoms with van der Waals surface area (Å²) in [7, 11) is 1.41. The van der Waals surface area contributed by atoms with Gasteiger partial charge in [0.1, 0.15) is 23.1 Å². The maximum absolute atomic E-state index is 13.1. The van der Waals surface area contributed by atoms with Crippen molar-refractivity contribution in [2.24, 2.45) is 4.99 Å². The summed E-state index contributed by atoms with van der Waals surface area (Å²) in [6.45, 7) is 15.6. The molecule has 0 saturated heterocycles. The molecule has 0 atom stereocenters. The topological polar surface area (TPSA) is 151 Å². The van der Waals surface area contributed by atoms with Crippen molar-refractivity contribution in [3.05, 3.63) is 59.5 Å². The number of fused-ring (bicyclic) bond motifs is 1. The summed E-state index contributed by atoms with van der Waals surface area (Å²) in [6.07, 6.45) is -0.417. The zero-order valence-corrected chi connectivity index (χ0v) is 26.8. The first-order valence-electron chi connectivity index (χ1n) is 13.9. The Kier molecular flexibility index (Phi) is 9.82. The van der Waals surface area contributed by atoms with Crippen LogP contribution in [0.15, 0.2) is 47.7 Å². The molecule has 2 aromatic heterocycles. The number of nitrogens with zero attached hydrogens (tertiary/aromatic N) is 5. The van der Waals surface area contributed by atoms with Gasteiger partial charge in [-0.25, -0.2) is 23.9 Å². The number of hydrogen-bond donors (Lipinski definition) is 0. The van der Waals surface area contributed by atoms with Gasteiger partial charge >= 0.3 is 24.1 Å². The summed E-state index contributed by atoms with van der Waals surface area (Å²) in [5.41, 5.74) is -0.999. The van der Waals surface area contributed by atoms with E-state index in [2.05, 4.69) is 15.1 Å². The molecular weight excluding hydrogens is 570 g/mol. The summed E-state index contributed by atoms with van der Waals surface area (Å²) < 4.78 is 23.1. The molecule has 0 bridgehead atoms. The fourth-order valence-corrected chi connectivity index (χ4v) is 3.71. The van der Waals surface area contributed by atoms with Crippen molar-refractivity contribution >= 4 is 35.6 Å². The number of aromatic nitrogens is 3. The number of aliphatic imine (C=N–C) groups is 1. The normalized spacial score (nSPS) is 12.5. The molecular formula is C31H39N5O8. The van der Waals surface area contributed by atoms with Gasteiger partial charge in [0.15, 0.2) is 17.2 Å². The van der Waals surface area contributed by atoms with Gasteiger partial charge in [-0.15, -0.1) is 0 Å². The molecule has 13 nitrogen and oxygen atoms in total. The predicted octanol–water partition coefficient (Wildman–Crippen LogP) is 5.38. The van der Waals surface area contributed by atoms with Crippen molar-refractivity contribution in [3.63, 3.8) is 0 Å². The predicted molar refractivity (Wildman–Crippen MR) is 161 cm³/mol. The standard InChI is InChI=1S/C31H39N5O8/c1-29(2,3)42-23(37)17-21-15-16-22(25-32-18-33-36(21)25)41-26(38)20-13-11-19(12-14-20)24(34-27(39)43-30(4,5)6)35(10)28(40)44-31(7,8)9/h11-16,18H,17H2,1-10H3. The van der Waals surface area contributed by atoms with Gasteiger partial charge in [-0.05, 0) is 86.6 Å². The molecule has 0 unspecified atom stereocenters. The molecule has 0 saturated carbocycles. The van der Waals surface area contributed by atoms with E-state index in [1.54, 1.807) is 68.4 Å². The summed E-state index contributed by atoms with van der Waals surface area (Å²) in [5, 5.41) is 4.15. The average molecular weight is 610 g/mol. The van der Waals surface area contributed by atoms with Crippen LogP contribution in [-0.4, -0.2) is 73.3 Å². The van der Waals surface area contributed by atoms with Crippen molar-refractivity contribution in [1.29, 1.82) is 0 Å². The van der Waals surface area contributed by atoms with Crippen LogP contribution in [0.1, 0.15) is 83.9 Å². The smallest absolute Gasteiger partial charge is 0.436 e. The quantitative estimate of drug-likeness (QED) is 0.160. The van der Waals surface area contributed by atoms with Crippen LogP contribution in [0.5, 0.6) is 5.75 Å². The monoisotopic (exact) mass is 609 g/mol. The Morgan fingerprint density at radius 1 is 0.795 bits per heavy atom. The van der Waals surface area contributed by atoms with Gasteiger partial charge in [0.25, 0.3) is 0 Å². The average Bonchev–Trinajstić information content (AvgIpc) is 3.36. The zero-order valence-electron chi connectivity index (χ0n) is 26.8. The first-order chi connectivity index (χ1) is 20.2. The highest BCUT2D eigenvalue weighted by atomic mass is 16.6. The van der Waals surface area contributed by atoms with Crippen LogP contribution in [-0.2, 0) is 25.4 Å². The molecule has 0 fully saturated rings. The summed E-state index contributed by atoms with van der Waals surface area (Å²) in [4.78, 5) is 60.1. The molecule has 2 amide bonds. The van der Waals surface area contributed by atoms with Crippen LogP contribution in [0, 0.1) is 0 Å². The molecule has 13 heteroatoms. The fourth-order valence-electron chi connectivity index (χ4n) is 3.71. The van der Waals surface area contributed by atoms with Gasteiger partial charge in [0, 0.05) is 12.6 Å². The van der Waals surface area contributed by atoms with E-state index in [1.165, 1.54) is 48.2 Å². The highest BCUT2D eigenvalue weighted by Gasteiger charge is 2.26. The minimum Gasteiger partial charge on any atom is -0.460 e. The maximum Gasteiger partial charge on any atom is 0.436 e. The molecule has 3 rings (SSSR count). The Labute approximate surface area is 256 Å². The van der Waals surface area contributed by atoms with E-state index in [1.807, 2.05) is 0 Å². The molecule has 0 N–H and O–H groups in total. The Bertz CT molecular complexity index is 1570. The molecule has 236 valence electrons. The van der Waals surface area contributed by atoms with Gasteiger partial charge in [-0.3, -0.25) is 9.69 Å². The van der Waals surface area contributed by atoms with E-state index < -0.39 is 40.9 Å². The Hall–Kier alpha value is -4.81. The van der Waals surface area contributed by atoms with Crippen LogP contribution in [0.3, 0.4) is 0 Å². The number of pyridine rings is 1. The van der Waals surface area contributed by atoms with E-state index in [-0.39, 0.29) is 29.2 Å². The zero-order chi connectivity index (χ0) is 33.0. The van der Waals surface area contributed by atoms with Crippen LogP contribution >= 0.6 is 0 Å². The second kappa shape index (κ2) is 12.8. The minimum atomic E-state index is -0.904. The maximum atomic E-state index is 13.1. The van der Waals surface area contributed by atoms with Gasteiger partial charge in [-0.1, -0.05) is 12.1 Å². The third-order valence-corrected chi connectivity index (χ3v) is 5.37. The highest BCUT2D eigenvalue weighted by molar-refractivity contribution is 6.10. The first kappa shape index (κ1) is 33.7. The number of esters is 2. The summed E-state index contributed by atoms with van der Waals surface area (Å²) in [6, 6.07) is 9.07. The highest BCUT2D eigenvalue weighted by Crippen LogP contribution is 2.22. The number of amidine groups is 1. The SMILES string of the molecule is CN(C(=O)OC(C)(C)C)C(=NC(=O)OC(C)(C)C)c1ccc(C(=O)Oc2ccc(CC(=O)OC(C)(C)C)n3ncnc23)cc1. The minimum absolute atomic E-state index is 0.0424. The number of ether oxygens (including phenoxy) is 4. The summed E-state index contributed by atoms with van der Waals surface area (Å²) in [5.74, 6) is -1.06. The lowest BCUT2D eigenvalue weighted by Gasteiger charge is -2.26. The number of benzene rings is 1. The number of hydrogen-bond acceptors (Lipinski definition) is 10. The van der Waals surface area contributed by atoms with E-state index in [0.717, 1.165) is 4.90 Å². The van der Waals surface area contributed by atoms with Crippen molar-refractivity contribution in [1.82, 2.24) is 19.5 Å². The lowest BCUT2D eigenvalue weighted by Crippen LogP contribution is -2.39. The second-order valence-electron chi connectivity index (χ2n) is 12.9. The van der Waals surface area contributed by atoms with Crippen LogP contribution in [0.25, 0.3) is 5.65 Å². The van der Waals surface area contributed by atoms with E-state index in [0.29, 0.717) is 11.3 Å². The van der Waals surface area contributed by atoms with Gasteiger partial charge in [0.05, 0.1) is 17.7 Å². The summed E-state index contributed by atoms with van der Waals surface area (Å²) >= 11 is 0. The molecule has 0 aliphatic rings. The molecule has 0 aliphatic heterocycles. The van der Waals surface area contributed by atoms with Gasteiger partial charge < -0.3 is 18.9 Å². The van der Waals surface area contributed by atoms with Gasteiger partial charge in [0.2, 0.25) is 0 Å². The molecule has 3 aromatic rings. The second-order valence-corrected chi connectivity index (χ2v) is 12.9. The lowest BCUT2D eigenvalue weighted by molar-refractivity contribution is -0.154. The lowest BCUT2D eigenvalue weighted by atomic mass is 10.1. The fraction of sp³-hybridized carbons (Fsp3) is 0.452. The van der Waals surface area contributed by atoms with Crippen molar-refractivity contribution in [3.8, 4) is 5.75 Å². The Morgan fingerprint density at radius 3 is 1.93 bits per heavy atom. The molecule has 0 spiro atoms. The number of amides is 2. The van der Waals surface area contributed by atoms with Crippen molar-refractivity contribution in [2.45, 2.75) is 85.5 Å². The molecule has 2 heterocycles. The van der Waals surface area contributed by atoms with Crippen LogP contribution in [0.4, 0.5) is 9.59 Å². The number of carbonyl (C=O) groups excluding carboxylic acids is 4. The molecule has 44 heavy (non-hydrogen) atoms. The largest absolute Gasteiger partial charge is 0.460 e. The van der Waals surface area contributed by atoms with E-state index in [9.17, 15) is 19.2 Å². The van der Waals surface area contributed by atoms with Crippen molar-refractivity contribution in [2.75, 3.05) is 7.05 Å². The first-order valence-corrected chi connectivity index (χ1v) is 13.9. The molecule has 0 radical (unpaired) electrons. The molecule has 0 aliphatic carbocycles. The Morgan fingerprint density at radius 2 is 1.36 bits per heavy atom. The third-order valence-electron chi connectivity index (χ3n) is 5.37. The third kappa shape index (κ3) is 9.61. The van der Waals surface area contributed by atoms with Crippen molar-refractivity contribution < 1.29 is 38.1 Å². The van der Waals surface area contributed by atoms with Crippen LogP contribution < -0.4 is 4.74 Å².